The van der Waals surface area contributed by atoms with Crippen molar-refractivity contribution in [1.29, 1.82) is 0 Å². The largest absolute Gasteiger partial charge is 0.374 e. The van der Waals surface area contributed by atoms with Gasteiger partial charge < -0.3 is 14.5 Å². The summed E-state index contributed by atoms with van der Waals surface area (Å²) in [6, 6.07) is 0.622. The summed E-state index contributed by atoms with van der Waals surface area (Å²) in [6.07, 6.45) is 11.0. The lowest BCUT2D eigenvalue weighted by atomic mass is 10.2. The maximum atomic E-state index is 6.08. The SMILES string of the molecule is CCCCN1CC=CC=C1N1CCCN(CC2CN(C(C)C)CCO2)CC1. The van der Waals surface area contributed by atoms with Crippen molar-refractivity contribution in [2.24, 2.45) is 0 Å². The van der Waals surface area contributed by atoms with Crippen molar-refractivity contribution >= 4 is 0 Å². The Balaban J connectivity index is 1.51. The van der Waals surface area contributed by atoms with E-state index in [9.17, 15) is 0 Å². The lowest BCUT2D eigenvalue weighted by Gasteiger charge is -2.38. The quantitative estimate of drug-likeness (QED) is 0.679. The first-order chi connectivity index (χ1) is 13.2. The highest BCUT2D eigenvalue weighted by Gasteiger charge is 2.26. The molecule has 5 nitrogen and oxygen atoms in total. The molecular formula is C22H40N4O. The van der Waals surface area contributed by atoms with E-state index in [0.717, 1.165) is 45.9 Å². The summed E-state index contributed by atoms with van der Waals surface area (Å²) in [5, 5.41) is 0. The molecular weight excluding hydrogens is 336 g/mol. The Bertz CT molecular complexity index is 505. The van der Waals surface area contributed by atoms with Crippen LogP contribution in [0, 0.1) is 0 Å². The van der Waals surface area contributed by atoms with Crippen LogP contribution in [0.25, 0.3) is 0 Å². The van der Waals surface area contributed by atoms with Crippen LogP contribution in [-0.4, -0.2) is 97.3 Å². The molecule has 3 aliphatic rings. The maximum Gasteiger partial charge on any atom is 0.104 e. The van der Waals surface area contributed by atoms with Crippen LogP contribution in [0.5, 0.6) is 0 Å². The van der Waals surface area contributed by atoms with Gasteiger partial charge in [0.15, 0.2) is 0 Å². The predicted molar refractivity (Wildman–Crippen MR) is 113 cm³/mol. The standard InChI is InChI=1S/C22H40N4O/c1-4-5-11-24-12-7-6-9-22(24)25-13-8-10-23(14-15-25)18-21-19-26(20(2)3)16-17-27-21/h6-7,9,20-21H,4-5,8,10-19H2,1-3H3. The highest BCUT2D eigenvalue weighted by atomic mass is 16.5. The van der Waals surface area contributed by atoms with Crippen LogP contribution in [-0.2, 0) is 4.74 Å². The minimum Gasteiger partial charge on any atom is -0.374 e. The molecule has 0 aliphatic carbocycles. The van der Waals surface area contributed by atoms with Crippen molar-refractivity contribution < 1.29 is 4.74 Å². The van der Waals surface area contributed by atoms with Gasteiger partial charge in [0, 0.05) is 58.4 Å². The first-order valence-corrected chi connectivity index (χ1v) is 11.1. The van der Waals surface area contributed by atoms with Gasteiger partial charge in [-0.3, -0.25) is 9.80 Å². The van der Waals surface area contributed by atoms with Crippen molar-refractivity contribution in [1.82, 2.24) is 19.6 Å². The summed E-state index contributed by atoms with van der Waals surface area (Å²) in [5.74, 6) is 1.44. The van der Waals surface area contributed by atoms with Crippen LogP contribution in [0.4, 0.5) is 0 Å². The van der Waals surface area contributed by atoms with Gasteiger partial charge in [0.25, 0.3) is 0 Å². The lowest BCUT2D eigenvalue weighted by molar-refractivity contribution is -0.0516. The molecule has 5 heteroatoms. The van der Waals surface area contributed by atoms with Crippen molar-refractivity contribution in [2.75, 3.05) is 65.5 Å². The average Bonchev–Trinajstić information content (AvgIpc) is 2.92. The second-order valence-corrected chi connectivity index (χ2v) is 8.48. The Morgan fingerprint density at radius 3 is 2.85 bits per heavy atom. The molecule has 1 atom stereocenters. The number of nitrogens with zero attached hydrogens (tertiary/aromatic N) is 4. The van der Waals surface area contributed by atoms with E-state index in [1.807, 2.05) is 0 Å². The number of hydrogen-bond donors (Lipinski definition) is 0. The normalized spacial score (nSPS) is 25.8. The van der Waals surface area contributed by atoms with E-state index >= 15 is 0 Å². The smallest absolute Gasteiger partial charge is 0.104 e. The molecule has 0 radical (unpaired) electrons. The first kappa shape index (κ1) is 20.7. The van der Waals surface area contributed by atoms with E-state index in [0.29, 0.717) is 12.1 Å². The zero-order chi connectivity index (χ0) is 19.1. The third-order valence-electron chi connectivity index (χ3n) is 6.09. The van der Waals surface area contributed by atoms with Crippen LogP contribution in [0.3, 0.4) is 0 Å². The van der Waals surface area contributed by atoms with Crippen molar-refractivity contribution in [3.8, 4) is 0 Å². The van der Waals surface area contributed by atoms with Crippen molar-refractivity contribution in [2.45, 2.75) is 52.2 Å². The van der Waals surface area contributed by atoms with Crippen LogP contribution >= 0.6 is 0 Å². The van der Waals surface area contributed by atoms with E-state index in [1.165, 1.54) is 44.7 Å². The Kier molecular flexibility index (Phi) is 8.04. The fourth-order valence-electron chi connectivity index (χ4n) is 4.39. The van der Waals surface area contributed by atoms with E-state index in [2.05, 4.69) is 58.6 Å². The second kappa shape index (κ2) is 10.5. The van der Waals surface area contributed by atoms with Gasteiger partial charge in [0.05, 0.1) is 12.7 Å². The number of hydrogen-bond acceptors (Lipinski definition) is 5. The molecule has 0 saturated carbocycles. The van der Waals surface area contributed by atoms with Gasteiger partial charge in [-0.1, -0.05) is 25.5 Å². The molecule has 0 amide bonds. The Hall–Kier alpha value is -1.04. The zero-order valence-electron chi connectivity index (χ0n) is 17.8. The van der Waals surface area contributed by atoms with Crippen LogP contribution in [0.15, 0.2) is 24.0 Å². The number of unbranched alkanes of at least 4 members (excludes halogenated alkanes) is 1. The van der Waals surface area contributed by atoms with Gasteiger partial charge in [-0.2, -0.15) is 0 Å². The second-order valence-electron chi connectivity index (χ2n) is 8.48. The molecule has 3 rings (SSSR count). The van der Waals surface area contributed by atoms with Crippen molar-refractivity contribution in [3.05, 3.63) is 24.0 Å². The van der Waals surface area contributed by atoms with E-state index in [-0.39, 0.29) is 0 Å². The van der Waals surface area contributed by atoms with Crippen molar-refractivity contribution in [3.63, 3.8) is 0 Å². The van der Waals surface area contributed by atoms with Gasteiger partial charge >= 0.3 is 0 Å². The first-order valence-electron chi connectivity index (χ1n) is 11.1. The minimum atomic E-state index is 0.366. The summed E-state index contributed by atoms with van der Waals surface area (Å²) in [4.78, 5) is 10.4. The number of morpholine rings is 1. The van der Waals surface area contributed by atoms with Gasteiger partial charge in [-0.15, -0.1) is 0 Å². The zero-order valence-corrected chi connectivity index (χ0v) is 17.8. The fourth-order valence-corrected chi connectivity index (χ4v) is 4.39. The maximum absolute atomic E-state index is 6.08. The summed E-state index contributed by atoms with van der Waals surface area (Å²) in [5.41, 5.74) is 0. The minimum absolute atomic E-state index is 0.366. The highest BCUT2D eigenvalue weighted by molar-refractivity contribution is 5.17. The predicted octanol–water partition coefficient (Wildman–Crippen LogP) is 2.62. The molecule has 0 aromatic heterocycles. The van der Waals surface area contributed by atoms with E-state index < -0.39 is 0 Å². The molecule has 3 heterocycles. The Labute approximate surface area is 166 Å². The summed E-state index contributed by atoms with van der Waals surface area (Å²) < 4.78 is 6.08. The molecule has 1 unspecified atom stereocenters. The highest BCUT2D eigenvalue weighted by Crippen LogP contribution is 2.19. The Morgan fingerprint density at radius 2 is 2.04 bits per heavy atom. The molecule has 2 fully saturated rings. The molecule has 154 valence electrons. The molecule has 2 saturated heterocycles. The summed E-state index contributed by atoms with van der Waals surface area (Å²) >= 11 is 0. The summed E-state index contributed by atoms with van der Waals surface area (Å²) in [7, 11) is 0. The van der Waals surface area contributed by atoms with Crippen LogP contribution in [0.1, 0.15) is 40.0 Å². The molecule has 3 aliphatic heterocycles. The molecule has 0 aromatic carbocycles. The van der Waals surface area contributed by atoms with E-state index in [4.69, 9.17) is 4.74 Å². The number of allylic oxidation sites excluding steroid dienone is 2. The topological polar surface area (TPSA) is 22.2 Å². The number of ether oxygens (including phenoxy) is 1. The molecule has 27 heavy (non-hydrogen) atoms. The third kappa shape index (κ3) is 5.97. The average molecular weight is 377 g/mol. The van der Waals surface area contributed by atoms with Gasteiger partial charge in [0.1, 0.15) is 5.82 Å². The monoisotopic (exact) mass is 376 g/mol. The molecule has 0 spiro atoms. The Morgan fingerprint density at radius 1 is 1.15 bits per heavy atom. The molecule has 0 aromatic rings. The summed E-state index contributed by atoms with van der Waals surface area (Å²) in [6.45, 7) is 17.9. The molecule has 0 bridgehead atoms. The third-order valence-corrected chi connectivity index (χ3v) is 6.09. The van der Waals surface area contributed by atoms with Gasteiger partial charge in [-0.05, 0) is 39.3 Å². The lowest BCUT2D eigenvalue weighted by Crippen LogP contribution is -2.50. The van der Waals surface area contributed by atoms with Gasteiger partial charge in [0.2, 0.25) is 0 Å². The van der Waals surface area contributed by atoms with Crippen LogP contribution in [0.2, 0.25) is 0 Å². The van der Waals surface area contributed by atoms with Crippen LogP contribution < -0.4 is 0 Å². The van der Waals surface area contributed by atoms with Gasteiger partial charge in [-0.25, -0.2) is 0 Å². The van der Waals surface area contributed by atoms with E-state index in [1.54, 1.807) is 0 Å². The molecule has 0 N–H and O–H groups in total. The fraction of sp³-hybridized carbons (Fsp3) is 0.818. The number of rotatable bonds is 7.